The SMILES string of the molecule is C1CNCCN1.C[C@H](OC(=O)N[C@@H](Cc1cccc(S(=O)(=O)N2CC(Oc3cccc(F)c3)(c3ccc(F)cc3)C2)c1)C(=O)O)OC(=O)C(C)(C)C.C[C@H](OC(=O)N[C@@H](Cc1cccc(S(=O)(=O)N2CC(Oc3cccc(F)c3)(c3ccc(F)cc3)C2)c1)C(=O)O)OC(=O)C(C)(C)C. The van der Waals surface area contributed by atoms with Crippen LogP contribution in [0.2, 0.25) is 0 Å². The minimum atomic E-state index is -4.13. The smallest absolute Gasteiger partial charge is 0.410 e. The Kier molecular flexibility index (Phi) is 25.2. The van der Waals surface area contributed by atoms with E-state index in [4.69, 9.17) is 28.4 Å². The molecule has 0 saturated carbocycles. The van der Waals surface area contributed by atoms with E-state index in [0.717, 1.165) is 46.9 Å². The summed E-state index contributed by atoms with van der Waals surface area (Å²) < 4.78 is 144. The van der Waals surface area contributed by atoms with Crippen LogP contribution < -0.4 is 30.7 Å². The molecule has 3 fully saturated rings. The molecular weight excluding hydrogens is 1330 g/mol. The van der Waals surface area contributed by atoms with Crippen LogP contribution in [0.3, 0.4) is 0 Å². The molecule has 0 aliphatic carbocycles. The summed E-state index contributed by atoms with van der Waals surface area (Å²) in [6.07, 6.45) is -5.49. The number of halogens is 4. The van der Waals surface area contributed by atoms with Gasteiger partial charge in [0.05, 0.1) is 46.8 Å². The molecule has 30 heteroatoms. The fraction of sp³-hybridized carbons (Fsp3) is 0.382. The van der Waals surface area contributed by atoms with Crippen LogP contribution in [0.5, 0.6) is 11.5 Å². The first-order valence-electron chi connectivity index (χ1n) is 30.8. The van der Waals surface area contributed by atoms with Crippen LogP contribution in [0.25, 0.3) is 0 Å². The third kappa shape index (κ3) is 20.9. The summed E-state index contributed by atoms with van der Waals surface area (Å²) in [6.45, 7) is 16.1. The van der Waals surface area contributed by atoms with Crippen molar-refractivity contribution in [3.8, 4) is 11.5 Å². The highest BCUT2D eigenvalue weighted by Crippen LogP contribution is 2.42. The molecule has 98 heavy (non-hydrogen) atoms. The standard InChI is InChI=1S/2C32H34F2N2O9S.C4H10N2/c2*1-20(43-29(39)31(2,3)4)44-30(40)35-27(28(37)38)16-21-7-5-10-26(15-21)46(41,42)36-18-32(19-36,22-11-13-23(33)14-12-22)45-25-9-6-8-24(34)17-25;1-2-6-4-3-5-1/h2*5-15,17,20,27H,16,18-19H2,1-4H3,(H,35,40)(H,37,38);5-6H,1-4H2/t2*20-,27-;/m00./s1. The lowest BCUT2D eigenvalue weighted by Gasteiger charge is -2.48. The molecule has 0 radical (unpaired) electrons. The van der Waals surface area contributed by atoms with E-state index in [0.29, 0.717) is 11.1 Å². The second-order valence-electron chi connectivity index (χ2n) is 25.2. The van der Waals surface area contributed by atoms with Crippen molar-refractivity contribution in [2.24, 2.45) is 10.8 Å². The molecule has 9 rings (SSSR count). The number of sulfonamides is 2. The lowest BCUT2D eigenvalue weighted by atomic mass is 9.87. The molecular formula is C68H78F4N6O18S2. The van der Waals surface area contributed by atoms with Crippen molar-refractivity contribution in [1.29, 1.82) is 0 Å². The van der Waals surface area contributed by atoms with Crippen LogP contribution in [0.1, 0.15) is 77.6 Å². The Morgan fingerprint density at radius 2 is 0.806 bits per heavy atom. The van der Waals surface area contributed by atoms with Gasteiger partial charge in [0.1, 0.15) is 46.9 Å². The van der Waals surface area contributed by atoms with Gasteiger partial charge in [0.25, 0.3) is 0 Å². The fourth-order valence-corrected chi connectivity index (χ4v) is 13.0. The zero-order chi connectivity index (χ0) is 72.0. The maximum absolute atomic E-state index is 13.9. The number of carboxylic acids is 2. The number of aliphatic carboxylic acids is 2. The predicted molar refractivity (Wildman–Crippen MR) is 346 cm³/mol. The van der Waals surface area contributed by atoms with Gasteiger partial charge in [-0.1, -0.05) is 60.7 Å². The maximum atomic E-state index is 13.9. The molecule has 6 aromatic carbocycles. The molecule has 6 N–H and O–H groups in total. The molecule has 2 amide bonds. The quantitative estimate of drug-likeness (QED) is 0.0211. The van der Waals surface area contributed by atoms with Crippen molar-refractivity contribution >= 4 is 56.1 Å². The molecule has 0 spiro atoms. The zero-order valence-corrected chi connectivity index (χ0v) is 56.5. The van der Waals surface area contributed by atoms with Gasteiger partial charge in [-0.15, -0.1) is 0 Å². The van der Waals surface area contributed by atoms with Crippen molar-refractivity contribution in [2.45, 2.75) is 114 Å². The molecule has 4 atom stereocenters. The van der Waals surface area contributed by atoms with Gasteiger partial charge in [0, 0.05) is 65.0 Å². The highest BCUT2D eigenvalue weighted by Gasteiger charge is 2.53. The number of rotatable bonds is 22. The van der Waals surface area contributed by atoms with E-state index in [1.807, 2.05) is 0 Å². The maximum Gasteiger partial charge on any atom is 0.410 e. The van der Waals surface area contributed by atoms with Gasteiger partial charge in [-0.05, 0) is 137 Å². The average Bonchev–Trinajstić information content (AvgIpc) is 0.738. The summed E-state index contributed by atoms with van der Waals surface area (Å²) in [5, 5.41) is 30.2. The molecule has 0 unspecified atom stereocenters. The van der Waals surface area contributed by atoms with Crippen LogP contribution in [0, 0.1) is 34.1 Å². The van der Waals surface area contributed by atoms with Crippen molar-refractivity contribution in [1.82, 2.24) is 29.9 Å². The number of amides is 2. The number of piperazine rings is 1. The van der Waals surface area contributed by atoms with Crippen LogP contribution in [-0.2, 0) is 82.2 Å². The Balaban J connectivity index is 0.000000253. The Hall–Kier alpha value is -9.20. The summed E-state index contributed by atoms with van der Waals surface area (Å²) >= 11 is 0. The highest BCUT2D eigenvalue weighted by atomic mass is 32.2. The van der Waals surface area contributed by atoms with Crippen LogP contribution >= 0.6 is 0 Å². The number of ether oxygens (including phenoxy) is 6. The van der Waals surface area contributed by atoms with E-state index in [2.05, 4.69) is 21.3 Å². The predicted octanol–water partition coefficient (Wildman–Crippen LogP) is 8.38. The molecule has 3 aliphatic heterocycles. The number of nitrogens with one attached hydrogen (secondary N) is 4. The monoisotopic (exact) mass is 1410 g/mol. The van der Waals surface area contributed by atoms with E-state index >= 15 is 0 Å². The van der Waals surface area contributed by atoms with Gasteiger partial charge in [-0.2, -0.15) is 8.61 Å². The Morgan fingerprint density at radius 1 is 0.480 bits per heavy atom. The molecule has 0 bridgehead atoms. The van der Waals surface area contributed by atoms with Gasteiger partial charge >= 0.3 is 36.1 Å². The number of alkyl carbamates (subject to hydrolysis) is 2. The second kappa shape index (κ2) is 32.4. The third-order valence-electron chi connectivity index (χ3n) is 15.1. The number of benzene rings is 6. The summed E-state index contributed by atoms with van der Waals surface area (Å²) in [4.78, 5) is 72.3. The Labute approximate surface area is 565 Å². The normalized spacial score (nSPS) is 16.4. The minimum absolute atomic E-state index is 0.141. The minimum Gasteiger partial charge on any atom is -0.480 e. The molecule has 24 nitrogen and oxygen atoms in total. The summed E-state index contributed by atoms with van der Waals surface area (Å²) in [5.74, 6) is -5.83. The molecule has 3 saturated heterocycles. The lowest BCUT2D eigenvalue weighted by molar-refractivity contribution is -0.175. The first-order valence-corrected chi connectivity index (χ1v) is 33.7. The van der Waals surface area contributed by atoms with Crippen molar-refractivity contribution in [3.05, 3.63) is 191 Å². The lowest BCUT2D eigenvalue weighted by Crippen LogP contribution is -2.64. The average molecular weight is 1410 g/mol. The van der Waals surface area contributed by atoms with Crippen molar-refractivity contribution < 1.29 is 102 Å². The molecule has 6 aromatic rings. The number of hydrogen-bond donors (Lipinski definition) is 6. The van der Waals surface area contributed by atoms with Gasteiger partial charge in [0.2, 0.25) is 32.6 Å². The topological polar surface area (TPSA) is 321 Å². The summed E-state index contributed by atoms with van der Waals surface area (Å²) in [7, 11) is -8.27. The first kappa shape index (κ1) is 76.2. The first-order chi connectivity index (χ1) is 46.0. The number of nitrogens with zero attached hydrogens (tertiary/aromatic N) is 2. The number of esters is 2. The third-order valence-corrected chi connectivity index (χ3v) is 18.7. The van der Waals surface area contributed by atoms with E-state index < -0.39 is 126 Å². The van der Waals surface area contributed by atoms with Gasteiger partial charge in [-0.25, -0.2) is 53.6 Å². The molecule has 3 heterocycles. The number of hydrogen-bond acceptors (Lipinski definition) is 18. The summed E-state index contributed by atoms with van der Waals surface area (Å²) in [5.41, 5.74) is -2.63. The van der Waals surface area contributed by atoms with Gasteiger partial charge in [-0.3, -0.25) is 9.59 Å². The Bertz CT molecular complexity index is 3770. The molecule has 528 valence electrons. The number of carbonyl (C=O) groups is 6. The van der Waals surface area contributed by atoms with Crippen LogP contribution in [0.15, 0.2) is 155 Å². The van der Waals surface area contributed by atoms with E-state index in [1.165, 1.54) is 147 Å². The second-order valence-corrected chi connectivity index (χ2v) is 29.1. The fourth-order valence-electron chi connectivity index (χ4n) is 9.81. The highest BCUT2D eigenvalue weighted by molar-refractivity contribution is 7.89. The van der Waals surface area contributed by atoms with Gasteiger partial charge < -0.3 is 59.9 Å². The van der Waals surface area contributed by atoms with Gasteiger partial charge in [0.15, 0.2) is 11.2 Å². The molecule has 3 aliphatic rings. The van der Waals surface area contributed by atoms with Crippen molar-refractivity contribution in [2.75, 3.05) is 52.4 Å². The van der Waals surface area contributed by atoms with Crippen LogP contribution in [0.4, 0.5) is 27.2 Å². The Morgan fingerprint density at radius 3 is 1.10 bits per heavy atom. The molecule has 0 aromatic heterocycles. The zero-order valence-electron chi connectivity index (χ0n) is 54.9. The van der Waals surface area contributed by atoms with E-state index in [1.54, 1.807) is 41.5 Å². The van der Waals surface area contributed by atoms with Crippen molar-refractivity contribution in [3.63, 3.8) is 0 Å². The summed E-state index contributed by atoms with van der Waals surface area (Å²) in [6, 6.07) is 29.6. The van der Waals surface area contributed by atoms with E-state index in [-0.39, 0.29) is 71.4 Å². The number of carboxylic acid groups (broad SMARTS) is 2. The van der Waals surface area contributed by atoms with Crippen LogP contribution in [-0.4, -0.2) is 149 Å². The van der Waals surface area contributed by atoms with E-state index in [9.17, 15) is 73.4 Å². The largest absolute Gasteiger partial charge is 0.480 e. The number of carbonyl (C=O) groups excluding carboxylic acids is 4.